The van der Waals surface area contributed by atoms with Gasteiger partial charge < -0.3 is 10.2 Å². The molecule has 1 aliphatic rings. The third-order valence-corrected chi connectivity index (χ3v) is 2.64. The van der Waals surface area contributed by atoms with Crippen molar-refractivity contribution in [3.63, 3.8) is 0 Å². The Labute approximate surface area is 91.1 Å². The van der Waals surface area contributed by atoms with E-state index in [0.29, 0.717) is 5.56 Å². The van der Waals surface area contributed by atoms with Crippen LogP contribution in [0.25, 0.3) is 0 Å². The van der Waals surface area contributed by atoms with Gasteiger partial charge in [-0.2, -0.15) is 0 Å². The first-order chi connectivity index (χ1) is 7.58. The molecule has 2 N–H and O–H groups in total. The highest BCUT2D eigenvalue weighted by Gasteiger charge is 2.35. The van der Waals surface area contributed by atoms with E-state index in [0.717, 1.165) is 11.1 Å². The quantitative estimate of drug-likeness (QED) is 0.749. The molecular formula is C10H11FN2O3. The smallest absolute Gasteiger partial charge is 0.407 e. The predicted molar refractivity (Wildman–Crippen MR) is 52.3 cm³/mol. The lowest BCUT2D eigenvalue weighted by atomic mass is 10.1. The Hall–Kier alpha value is -1.69. The number of carbonyl (C=O) groups is 1. The molecule has 6 heteroatoms. The first-order valence-corrected chi connectivity index (χ1v) is 4.86. The molecule has 5 nitrogen and oxygen atoms in total. The number of nitrogens with zero attached hydrogens (tertiary/aromatic N) is 2. The van der Waals surface area contributed by atoms with Crippen molar-refractivity contribution in [3.8, 4) is 0 Å². The number of rotatable bonds is 1. The number of aliphatic hydroxyl groups excluding tert-OH is 1. The molecule has 2 heterocycles. The molecule has 16 heavy (non-hydrogen) atoms. The normalized spacial score (nSPS) is 24.8. The average Bonchev–Trinajstić information content (AvgIpc) is 2.60. The summed E-state index contributed by atoms with van der Waals surface area (Å²) < 4.78 is 13.0. The van der Waals surface area contributed by atoms with E-state index in [-0.39, 0.29) is 13.0 Å². The maximum atomic E-state index is 13.0. The highest BCUT2D eigenvalue weighted by atomic mass is 19.1. The number of hydrogen-bond acceptors (Lipinski definition) is 3. The second kappa shape index (κ2) is 4.05. The van der Waals surface area contributed by atoms with Gasteiger partial charge in [-0.1, -0.05) is 0 Å². The molecule has 1 amide bonds. The molecule has 0 aromatic carbocycles. The van der Waals surface area contributed by atoms with Crippen LogP contribution in [-0.4, -0.2) is 38.8 Å². The predicted octanol–water partition coefficient (Wildman–Crippen LogP) is 1.01. The number of aliphatic hydroxyl groups is 1. The van der Waals surface area contributed by atoms with E-state index >= 15 is 0 Å². The summed E-state index contributed by atoms with van der Waals surface area (Å²) in [6.07, 6.45) is 0.925. The summed E-state index contributed by atoms with van der Waals surface area (Å²) in [6, 6.07) is 0.724. The Kier molecular flexibility index (Phi) is 2.74. The van der Waals surface area contributed by atoms with Crippen LogP contribution in [0.2, 0.25) is 0 Å². The lowest BCUT2D eigenvalue weighted by molar-refractivity contribution is 0.131. The number of β-amino-alcohol motifs (C(OH)–C–C–N with tert-alkyl or cyclic N) is 1. The van der Waals surface area contributed by atoms with Crippen LogP contribution in [0, 0.1) is 5.82 Å². The monoisotopic (exact) mass is 226 g/mol. The molecule has 1 aromatic heterocycles. The number of likely N-dealkylation sites (tertiary alicyclic amines) is 1. The number of halogens is 1. The Morgan fingerprint density at radius 2 is 2.31 bits per heavy atom. The van der Waals surface area contributed by atoms with Crippen molar-refractivity contribution in [1.29, 1.82) is 0 Å². The van der Waals surface area contributed by atoms with Crippen molar-refractivity contribution in [2.24, 2.45) is 0 Å². The first-order valence-electron chi connectivity index (χ1n) is 4.86. The summed E-state index contributed by atoms with van der Waals surface area (Å²) in [4.78, 5) is 15.7. The SMILES string of the molecule is O=C(O)N1C[C@H](O)CC1c1cncc(F)c1. The minimum atomic E-state index is -1.12. The lowest BCUT2D eigenvalue weighted by Crippen LogP contribution is -2.30. The summed E-state index contributed by atoms with van der Waals surface area (Å²) in [5, 5.41) is 18.4. The van der Waals surface area contributed by atoms with Crippen molar-refractivity contribution in [3.05, 3.63) is 29.8 Å². The van der Waals surface area contributed by atoms with E-state index in [1.807, 2.05) is 0 Å². The summed E-state index contributed by atoms with van der Waals surface area (Å²) in [5.41, 5.74) is 0.471. The van der Waals surface area contributed by atoms with E-state index in [2.05, 4.69) is 4.98 Å². The van der Waals surface area contributed by atoms with Crippen LogP contribution in [0.5, 0.6) is 0 Å². The Bertz CT molecular complexity index is 413. The summed E-state index contributed by atoms with van der Waals surface area (Å²) >= 11 is 0. The zero-order valence-corrected chi connectivity index (χ0v) is 8.38. The minimum Gasteiger partial charge on any atom is -0.465 e. The summed E-state index contributed by atoms with van der Waals surface area (Å²) in [6.45, 7) is 0.0521. The van der Waals surface area contributed by atoms with E-state index in [1.54, 1.807) is 0 Å². The fraction of sp³-hybridized carbons (Fsp3) is 0.400. The fourth-order valence-corrected chi connectivity index (χ4v) is 1.95. The molecule has 0 spiro atoms. The molecule has 1 unspecified atom stereocenters. The number of hydrogen-bond donors (Lipinski definition) is 2. The van der Waals surface area contributed by atoms with Crippen molar-refractivity contribution in [2.45, 2.75) is 18.6 Å². The highest BCUT2D eigenvalue weighted by molar-refractivity contribution is 5.66. The van der Waals surface area contributed by atoms with Crippen LogP contribution in [0.4, 0.5) is 9.18 Å². The number of carboxylic acid groups (broad SMARTS) is 1. The number of aromatic nitrogens is 1. The molecule has 86 valence electrons. The third-order valence-electron chi connectivity index (χ3n) is 2.64. The molecule has 0 saturated carbocycles. The second-order valence-electron chi connectivity index (χ2n) is 3.78. The molecule has 0 radical (unpaired) electrons. The van der Waals surface area contributed by atoms with E-state index in [1.165, 1.54) is 12.3 Å². The molecule has 1 saturated heterocycles. The van der Waals surface area contributed by atoms with Crippen molar-refractivity contribution in [2.75, 3.05) is 6.54 Å². The zero-order chi connectivity index (χ0) is 11.7. The van der Waals surface area contributed by atoms with E-state index < -0.39 is 24.1 Å². The Morgan fingerprint density at radius 3 is 2.94 bits per heavy atom. The highest BCUT2D eigenvalue weighted by Crippen LogP contribution is 2.31. The van der Waals surface area contributed by atoms with Crippen molar-refractivity contribution >= 4 is 6.09 Å². The minimum absolute atomic E-state index is 0.0521. The van der Waals surface area contributed by atoms with Gasteiger partial charge in [0.05, 0.1) is 24.9 Å². The third kappa shape index (κ3) is 1.96. The van der Waals surface area contributed by atoms with Gasteiger partial charge in [0, 0.05) is 6.20 Å². The maximum Gasteiger partial charge on any atom is 0.407 e. The number of amides is 1. The molecule has 2 atom stereocenters. The van der Waals surface area contributed by atoms with Gasteiger partial charge in [-0.05, 0) is 18.1 Å². The van der Waals surface area contributed by atoms with Gasteiger partial charge in [0.1, 0.15) is 5.82 Å². The standard InChI is InChI=1S/C10H11FN2O3/c11-7-1-6(3-12-4-7)9-2-8(14)5-13(9)10(15)16/h1,3-4,8-9,14H,2,5H2,(H,15,16)/t8-,9?/m1/s1. The fourth-order valence-electron chi connectivity index (χ4n) is 1.95. The molecule has 0 bridgehead atoms. The molecule has 0 aliphatic carbocycles. The second-order valence-corrected chi connectivity index (χ2v) is 3.78. The molecule has 1 aliphatic heterocycles. The van der Waals surface area contributed by atoms with Gasteiger partial charge in [-0.15, -0.1) is 0 Å². The topological polar surface area (TPSA) is 73.7 Å². The van der Waals surface area contributed by atoms with Crippen LogP contribution in [0.1, 0.15) is 18.0 Å². The van der Waals surface area contributed by atoms with Gasteiger partial charge in [-0.3, -0.25) is 9.88 Å². The first kappa shape index (κ1) is 10.8. The Balaban J connectivity index is 2.28. The summed E-state index contributed by atoms with van der Waals surface area (Å²) in [5.74, 6) is -0.510. The molecule has 1 fully saturated rings. The van der Waals surface area contributed by atoms with Crippen LogP contribution in [0.3, 0.4) is 0 Å². The maximum absolute atomic E-state index is 13.0. The van der Waals surface area contributed by atoms with Gasteiger partial charge in [-0.25, -0.2) is 9.18 Å². The van der Waals surface area contributed by atoms with Crippen LogP contribution in [0.15, 0.2) is 18.5 Å². The van der Waals surface area contributed by atoms with Gasteiger partial charge in [0.25, 0.3) is 0 Å². The number of pyridine rings is 1. The molecular weight excluding hydrogens is 215 g/mol. The lowest BCUT2D eigenvalue weighted by Gasteiger charge is -2.20. The largest absolute Gasteiger partial charge is 0.465 e. The zero-order valence-electron chi connectivity index (χ0n) is 8.38. The molecule has 1 aromatic rings. The Morgan fingerprint density at radius 1 is 1.56 bits per heavy atom. The van der Waals surface area contributed by atoms with Gasteiger partial charge >= 0.3 is 6.09 Å². The summed E-state index contributed by atoms with van der Waals surface area (Å²) in [7, 11) is 0. The average molecular weight is 226 g/mol. The molecule has 2 rings (SSSR count). The van der Waals surface area contributed by atoms with Crippen molar-refractivity contribution < 1.29 is 19.4 Å². The van der Waals surface area contributed by atoms with Crippen LogP contribution in [-0.2, 0) is 0 Å². The van der Waals surface area contributed by atoms with E-state index in [9.17, 15) is 14.3 Å². The van der Waals surface area contributed by atoms with E-state index in [4.69, 9.17) is 5.11 Å². The van der Waals surface area contributed by atoms with Gasteiger partial charge in [0.15, 0.2) is 0 Å². The van der Waals surface area contributed by atoms with Gasteiger partial charge in [0.2, 0.25) is 0 Å². The van der Waals surface area contributed by atoms with Crippen molar-refractivity contribution in [1.82, 2.24) is 9.88 Å². The van der Waals surface area contributed by atoms with Crippen LogP contribution < -0.4 is 0 Å². The van der Waals surface area contributed by atoms with Crippen LogP contribution >= 0.6 is 0 Å².